The number of benzene rings is 1. The summed E-state index contributed by atoms with van der Waals surface area (Å²) in [5.41, 5.74) is 2.93. The fourth-order valence-corrected chi connectivity index (χ4v) is 3.22. The van der Waals surface area contributed by atoms with Crippen LogP contribution in [-0.2, 0) is 6.54 Å². The molecule has 0 spiro atoms. The van der Waals surface area contributed by atoms with E-state index in [4.69, 9.17) is 0 Å². The van der Waals surface area contributed by atoms with Crippen LogP contribution < -0.4 is 5.32 Å². The SMILES string of the molecule is CNCc1cccc(C2CCSC2)c1. The molecule has 1 atom stereocenters. The standard InChI is InChI=1S/C12H17NS/c1-13-8-10-3-2-4-11(7-10)12-5-6-14-9-12/h2-4,7,12-13H,5-6,8-9H2,1H3. The Balaban J connectivity index is 2.12. The van der Waals surface area contributed by atoms with Crippen LogP contribution in [0.4, 0.5) is 0 Å². The number of nitrogens with one attached hydrogen (secondary N) is 1. The molecule has 2 heteroatoms. The van der Waals surface area contributed by atoms with Gasteiger partial charge in [0.05, 0.1) is 0 Å². The highest BCUT2D eigenvalue weighted by Gasteiger charge is 2.17. The summed E-state index contributed by atoms with van der Waals surface area (Å²) in [5, 5.41) is 3.20. The smallest absolute Gasteiger partial charge is 0.0202 e. The fourth-order valence-electron chi connectivity index (χ4n) is 1.96. The molecule has 1 fully saturated rings. The second kappa shape index (κ2) is 4.85. The van der Waals surface area contributed by atoms with Gasteiger partial charge in [-0.05, 0) is 36.3 Å². The Hall–Kier alpha value is -0.470. The largest absolute Gasteiger partial charge is 0.316 e. The molecule has 0 amide bonds. The summed E-state index contributed by atoms with van der Waals surface area (Å²) < 4.78 is 0. The average Bonchev–Trinajstić information content (AvgIpc) is 2.71. The van der Waals surface area contributed by atoms with E-state index in [9.17, 15) is 0 Å². The highest BCUT2D eigenvalue weighted by molar-refractivity contribution is 7.99. The van der Waals surface area contributed by atoms with Crippen molar-refractivity contribution in [1.82, 2.24) is 5.32 Å². The third kappa shape index (κ3) is 2.31. The van der Waals surface area contributed by atoms with Crippen LogP contribution in [0, 0.1) is 0 Å². The molecule has 1 N–H and O–H groups in total. The second-order valence-electron chi connectivity index (χ2n) is 3.84. The molecule has 1 aromatic rings. The van der Waals surface area contributed by atoms with Crippen molar-refractivity contribution in [3.8, 4) is 0 Å². The van der Waals surface area contributed by atoms with Gasteiger partial charge in [-0.3, -0.25) is 0 Å². The van der Waals surface area contributed by atoms with E-state index in [1.54, 1.807) is 0 Å². The van der Waals surface area contributed by atoms with E-state index in [-0.39, 0.29) is 0 Å². The first-order valence-corrected chi connectivity index (χ1v) is 6.37. The van der Waals surface area contributed by atoms with Crippen LogP contribution in [0.5, 0.6) is 0 Å². The quantitative estimate of drug-likeness (QED) is 0.817. The van der Waals surface area contributed by atoms with Gasteiger partial charge in [-0.15, -0.1) is 0 Å². The number of thioether (sulfide) groups is 1. The van der Waals surface area contributed by atoms with Gasteiger partial charge in [-0.25, -0.2) is 0 Å². The van der Waals surface area contributed by atoms with Gasteiger partial charge in [0.2, 0.25) is 0 Å². The van der Waals surface area contributed by atoms with Crippen molar-refractivity contribution in [2.24, 2.45) is 0 Å². The first-order chi connectivity index (χ1) is 6.90. The third-order valence-corrected chi connectivity index (χ3v) is 3.90. The highest BCUT2D eigenvalue weighted by atomic mass is 32.2. The van der Waals surface area contributed by atoms with Crippen LogP contribution in [0.25, 0.3) is 0 Å². The molecule has 1 saturated heterocycles. The topological polar surface area (TPSA) is 12.0 Å². The minimum absolute atomic E-state index is 0.803. The second-order valence-corrected chi connectivity index (χ2v) is 4.99. The number of hydrogen-bond acceptors (Lipinski definition) is 2. The Labute approximate surface area is 90.3 Å². The third-order valence-electron chi connectivity index (χ3n) is 2.73. The van der Waals surface area contributed by atoms with E-state index in [1.165, 1.54) is 29.1 Å². The van der Waals surface area contributed by atoms with E-state index in [0.717, 1.165) is 12.5 Å². The van der Waals surface area contributed by atoms with Crippen molar-refractivity contribution in [2.75, 3.05) is 18.6 Å². The Kier molecular flexibility index (Phi) is 3.49. The summed E-state index contributed by atoms with van der Waals surface area (Å²) in [7, 11) is 2.00. The van der Waals surface area contributed by atoms with Crippen molar-refractivity contribution < 1.29 is 0 Å². The van der Waals surface area contributed by atoms with Gasteiger partial charge in [-0.1, -0.05) is 24.3 Å². The minimum atomic E-state index is 0.803. The molecule has 1 heterocycles. The Morgan fingerprint density at radius 3 is 3.14 bits per heavy atom. The van der Waals surface area contributed by atoms with E-state index in [2.05, 4.69) is 41.3 Å². The van der Waals surface area contributed by atoms with Crippen LogP contribution in [-0.4, -0.2) is 18.6 Å². The summed E-state index contributed by atoms with van der Waals surface area (Å²) in [6, 6.07) is 9.01. The molecule has 0 radical (unpaired) electrons. The molecule has 14 heavy (non-hydrogen) atoms. The van der Waals surface area contributed by atoms with Gasteiger partial charge in [-0.2, -0.15) is 11.8 Å². The van der Waals surface area contributed by atoms with E-state index in [0.29, 0.717) is 0 Å². The van der Waals surface area contributed by atoms with Crippen molar-refractivity contribution in [3.05, 3.63) is 35.4 Å². The van der Waals surface area contributed by atoms with Crippen molar-refractivity contribution in [1.29, 1.82) is 0 Å². The normalized spacial score (nSPS) is 21.4. The minimum Gasteiger partial charge on any atom is -0.316 e. The van der Waals surface area contributed by atoms with Crippen LogP contribution in [0.15, 0.2) is 24.3 Å². The zero-order chi connectivity index (χ0) is 9.80. The average molecular weight is 207 g/mol. The van der Waals surface area contributed by atoms with Gasteiger partial charge in [0.25, 0.3) is 0 Å². The van der Waals surface area contributed by atoms with Crippen molar-refractivity contribution >= 4 is 11.8 Å². The molecule has 1 aromatic carbocycles. The molecule has 0 aromatic heterocycles. The molecule has 0 aliphatic carbocycles. The lowest BCUT2D eigenvalue weighted by atomic mass is 9.97. The molecule has 2 rings (SSSR count). The summed E-state index contributed by atoms with van der Waals surface area (Å²) in [5.74, 6) is 3.45. The highest BCUT2D eigenvalue weighted by Crippen LogP contribution is 2.32. The molecule has 1 aliphatic heterocycles. The molecule has 0 saturated carbocycles. The Bertz CT molecular complexity index is 292. The lowest BCUT2D eigenvalue weighted by Gasteiger charge is -2.10. The van der Waals surface area contributed by atoms with Gasteiger partial charge < -0.3 is 5.32 Å². The monoisotopic (exact) mass is 207 g/mol. The fraction of sp³-hybridized carbons (Fsp3) is 0.500. The molecule has 1 aliphatic rings. The summed E-state index contributed by atoms with van der Waals surface area (Å²) >= 11 is 2.08. The van der Waals surface area contributed by atoms with E-state index >= 15 is 0 Å². The molecule has 76 valence electrons. The van der Waals surface area contributed by atoms with Gasteiger partial charge >= 0.3 is 0 Å². The summed E-state index contributed by atoms with van der Waals surface area (Å²) in [4.78, 5) is 0. The van der Waals surface area contributed by atoms with Crippen molar-refractivity contribution in [2.45, 2.75) is 18.9 Å². The van der Waals surface area contributed by atoms with E-state index in [1.807, 2.05) is 7.05 Å². The lowest BCUT2D eigenvalue weighted by Crippen LogP contribution is -2.06. The molecule has 1 unspecified atom stereocenters. The maximum Gasteiger partial charge on any atom is 0.0202 e. The lowest BCUT2D eigenvalue weighted by molar-refractivity contribution is 0.771. The zero-order valence-electron chi connectivity index (χ0n) is 8.62. The maximum absolute atomic E-state index is 3.20. The first-order valence-electron chi connectivity index (χ1n) is 5.21. The predicted molar refractivity (Wildman–Crippen MR) is 63.9 cm³/mol. The molecular formula is C12H17NS. The van der Waals surface area contributed by atoms with Crippen molar-refractivity contribution in [3.63, 3.8) is 0 Å². The first kappa shape index (κ1) is 10.1. The Morgan fingerprint density at radius 1 is 1.50 bits per heavy atom. The number of rotatable bonds is 3. The molecule has 0 bridgehead atoms. The van der Waals surface area contributed by atoms with Crippen LogP contribution in [0.3, 0.4) is 0 Å². The van der Waals surface area contributed by atoms with Crippen LogP contribution in [0.1, 0.15) is 23.5 Å². The van der Waals surface area contributed by atoms with E-state index < -0.39 is 0 Å². The zero-order valence-corrected chi connectivity index (χ0v) is 9.44. The van der Waals surface area contributed by atoms with Gasteiger partial charge in [0.1, 0.15) is 0 Å². The predicted octanol–water partition coefficient (Wildman–Crippen LogP) is 2.63. The summed E-state index contributed by atoms with van der Waals surface area (Å²) in [6.07, 6.45) is 1.35. The van der Waals surface area contributed by atoms with Crippen LogP contribution >= 0.6 is 11.8 Å². The summed E-state index contributed by atoms with van der Waals surface area (Å²) in [6.45, 7) is 0.980. The molecule has 1 nitrogen and oxygen atoms in total. The Morgan fingerprint density at radius 2 is 2.43 bits per heavy atom. The van der Waals surface area contributed by atoms with Crippen LogP contribution in [0.2, 0.25) is 0 Å². The maximum atomic E-state index is 3.20. The molecular weight excluding hydrogens is 190 g/mol. The van der Waals surface area contributed by atoms with Gasteiger partial charge in [0.15, 0.2) is 0 Å². The number of hydrogen-bond donors (Lipinski definition) is 1. The van der Waals surface area contributed by atoms with Gasteiger partial charge in [0, 0.05) is 12.3 Å².